The van der Waals surface area contributed by atoms with Crippen LogP contribution in [0, 0.1) is 6.92 Å². The van der Waals surface area contributed by atoms with Crippen molar-refractivity contribution in [2.75, 3.05) is 5.75 Å². The number of hydrogen-bond acceptors (Lipinski definition) is 3. The Morgan fingerprint density at radius 3 is 2.76 bits per heavy atom. The molecular weight excluding hydrogens is 282 g/mol. The van der Waals surface area contributed by atoms with E-state index < -0.39 is 5.97 Å². The minimum Gasteiger partial charge on any atom is -0.481 e. The highest BCUT2D eigenvalue weighted by Crippen LogP contribution is 2.37. The molecule has 112 valence electrons. The summed E-state index contributed by atoms with van der Waals surface area (Å²) in [5, 5.41) is 9.99. The Bertz CT molecular complexity index is 655. The van der Waals surface area contributed by atoms with E-state index in [1.165, 1.54) is 10.5 Å². The van der Waals surface area contributed by atoms with Gasteiger partial charge in [0, 0.05) is 21.7 Å². The Morgan fingerprint density at radius 2 is 2.10 bits per heavy atom. The lowest BCUT2D eigenvalue weighted by Crippen LogP contribution is -2.03. The highest BCUT2D eigenvalue weighted by molar-refractivity contribution is 7.99. The van der Waals surface area contributed by atoms with E-state index in [0.29, 0.717) is 11.7 Å². The lowest BCUT2D eigenvalue weighted by Gasteiger charge is -2.19. The van der Waals surface area contributed by atoms with Gasteiger partial charge in [-0.3, -0.25) is 9.78 Å². The van der Waals surface area contributed by atoms with Crippen molar-refractivity contribution < 1.29 is 9.90 Å². The second-order valence-electron chi connectivity index (χ2n) is 5.26. The molecule has 1 N–H and O–H groups in total. The van der Waals surface area contributed by atoms with Crippen molar-refractivity contribution in [2.45, 2.75) is 44.4 Å². The van der Waals surface area contributed by atoms with Crippen LogP contribution in [0.15, 0.2) is 29.2 Å². The number of hydrogen-bond donors (Lipinski definition) is 1. The van der Waals surface area contributed by atoms with Crippen molar-refractivity contribution in [3.05, 3.63) is 35.5 Å². The molecule has 1 unspecified atom stereocenters. The van der Waals surface area contributed by atoms with Crippen molar-refractivity contribution >= 4 is 28.6 Å². The molecule has 0 aliphatic carbocycles. The first kappa shape index (κ1) is 15.8. The molecule has 0 fully saturated rings. The zero-order valence-electron chi connectivity index (χ0n) is 12.7. The topological polar surface area (TPSA) is 50.2 Å². The van der Waals surface area contributed by atoms with Gasteiger partial charge in [0.05, 0.1) is 11.9 Å². The molecule has 21 heavy (non-hydrogen) atoms. The minimum atomic E-state index is -0.748. The highest BCUT2D eigenvalue weighted by atomic mass is 32.2. The largest absolute Gasteiger partial charge is 0.481 e. The summed E-state index contributed by atoms with van der Waals surface area (Å²) in [6, 6.07) is 8.10. The Labute approximate surface area is 129 Å². The second kappa shape index (κ2) is 6.94. The van der Waals surface area contributed by atoms with Crippen LogP contribution in [0.4, 0.5) is 0 Å². The molecule has 2 rings (SSSR count). The van der Waals surface area contributed by atoms with Crippen molar-refractivity contribution in [2.24, 2.45) is 0 Å². The molecule has 0 saturated heterocycles. The van der Waals surface area contributed by atoms with Gasteiger partial charge in [0.15, 0.2) is 0 Å². The smallest absolute Gasteiger partial charge is 0.304 e. The fraction of sp³-hybridized carbons (Fsp3) is 0.412. The second-order valence-corrected chi connectivity index (χ2v) is 6.36. The predicted octanol–water partition coefficient (Wildman–Crippen LogP) is 4.62. The van der Waals surface area contributed by atoms with E-state index in [9.17, 15) is 4.79 Å². The molecule has 0 saturated carbocycles. The molecule has 1 atom stereocenters. The molecule has 0 aliphatic heterocycles. The zero-order chi connectivity index (χ0) is 15.4. The molecule has 2 aromatic rings. The molecule has 0 aliphatic rings. The van der Waals surface area contributed by atoms with E-state index in [4.69, 9.17) is 10.1 Å². The van der Waals surface area contributed by atoms with Crippen molar-refractivity contribution in [1.82, 2.24) is 4.98 Å². The summed E-state index contributed by atoms with van der Waals surface area (Å²) in [5.41, 5.74) is 3.31. The number of rotatable bonds is 6. The minimum absolute atomic E-state index is 0.181. The molecule has 4 heteroatoms. The first-order valence-corrected chi connectivity index (χ1v) is 8.27. The van der Waals surface area contributed by atoms with Crippen LogP contribution in [-0.2, 0) is 4.79 Å². The van der Waals surface area contributed by atoms with Gasteiger partial charge in [0.25, 0.3) is 0 Å². The van der Waals surface area contributed by atoms with Crippen molar-refractivity contribution in [3.63, 3.8) is 0 Å². The van der Waals surface area contributed by atoms with Gasteiger partial charge >= 0.3 is 5.97 Å². The van der Waals surface area contributed by atoms with Crippen LogP contribution in [-0.4, -0.2) is 21.8 Å². The summed E-state index contributed by atoms with van der Waals surface area (Å²) in [7, 11) is 0. The van der Waals surface area contributed by atoms with Crippen LogP contribution in [0.5, 0.6) is 0 Å². The fourth-order valence-electron chi connectivity index (χ4n) is 2.49. The maximum absolute atomic E-state index is 10.8. The summed E-state index contributed by atoms with van der Waals surface area (Å²) in [6.45, 7) is 6.43. The Morgan fingerprint density at radius 1 is 1.38 bits per heavy atom. The standard InChI is InChI=1S/C17H21NO2S/c1-4-11(2)16-12(3)18-14-8-6-5-7-13(14)17(16)21-10-9-15(19)20/h5-8,11H,4,9-10H2,1-3H3,(H,19,20). The maximum atomic E-state index is 10.8. The first-order valence-electron chi connectivity index (χ1n) is 7.28. The van der Waals surface area contributed by atoms with Crippen LogP contribution in [0.25, 0.3) is 10.9 Å². The van der Waals surface area contributed by atoms with E-state index in [0.717, 1.165) is 23.0 Å². The van der Waals surface area contributed by atoms with Crippen LogP contribution < -0.4 is 0 Å². The van der Waals surface area contributed by atoms with E-state index in [2.05, 4.69) is 26.8 Å². The number of carboxylic acids is 1. The van der Waals surface area contributed by atoms with Crippen LogP contribution in [0.1, 0.15) is 43.9 Å². The van der Waals surface area contributed by atoms with Gasteiger partial charge in [-0.15, -0.1) is 11.8 Å². The Hall–Kier alpha value is -1.55. The normalized spacial score (nSPS) is 12.5. The van der Waals surface area contributed by atoms with E-state index in [1.807, 2.05) is 18.2 Å². The number of fused-ring (bicyclic) bond motifs is 1. The quantitative estimate of drug-likeness (QED) is 0.791. The van der Waals surface area contributed by atoms with Gasteiger partial charge in [-0.2, -0.15) is 0 Å². The Balaban J connectivity index is 2.52. The van der Waals surface area contributed by atoms with Crippen LogP contribution in [0.2, 0.25) is 0 Å². The number of nitrogens with zero attached hydrogens (tertiary/aromatic N) is 1. The number of aliphatic carboxylic acids is 1. The third-order valence-corrected chi connectivity index (χ3v) is 4.88. The van der Waals surface area contributed by atoms with Crippen LogP contribution >= 0.6 is 11.8 Å². The summed E-state index contributed by atoms with van der Waals surface area (Å²) >= 11 is 1.64. The highest BCUT2D eigenvalue weighted by Gasteiger charge is 2.17. The number of para-hydroxylation sites is 1. The third kappa shape index (κ3) is 3.56. The summed E-state index contributed by atoms with van der Waals surface area (Å²) < 4.78 is 0. The number of aromatic nitrogens is 1. The molecule has 0 radical (unpaired) electrons. The molecule has 1 aromatic carbocycles. The van der Waals surface area contributed by atoms with Gasteiger partial charge in [0.2, 0.25) is 0 Å². The number of carbonyl (C=O) groups is 1. The third-order valence-electron chi connectivity index (χ3n) is 3.74. The van der Waals surface area contributed by atoms with Crippen molar-refractivity contribution in [1.29, 1.82) is 0 Å². The fourth-order valence-corrected chi connectivity index (χ4v) is 3.81. The lowest BCUT2D eigenvalue weighted by atomic mass is 9.95. The number of benzene rings is 1. The number of aryl methyl sites for hydroxylation is 1. The maximum Gasteiger partial charge on any atom is 0.304 e. The first-order chi connectivity index (χ1) is 10.0. The molecule has 1 heterocycles. The predicted molar refractivity (Wildman–Crippen MR) is 88.2 cm³/mol. The zero-order valence-corrected chi connectivity index (χ0v) is 13.5. The van der Waals surface area contributed by atoms with Gasteiger partial charge < -0.3 is 5.11 Å². The molecular formula is C17H21NO2S. The van der Waals surface area contributed by atoms with Crippen LogP contribution in [0.3, 0.4) is 0 Å². The number of thioether (sulfide) groups is 1. The summed E-state index contributed by atoms with van der Waals surface area (Å²) in [5.74, 6) is 0.267. The monoisotopic (exact) mass is 303 g/mol. The Kier molecular flexibility index (Phi) is 5.23. The lowest BCUT2D eigenvalue weighted by molar-refractivity contribution is -0.136. The van der Waals surface area contributed by atoms with Gasteiger partial charge in [-0.1, -0.05) is 32.0 Å². The number of pyridine rings is 1. The van der Waals surface area contributed by atoms with Crippen molar-refractivity contribution in [3.8, 4) is 0 Å². The molecule has 0 bridgehead atoms. The van der Waals surface area contributed by atoms with E-state index in [1.54, 1.807) is 11.8 Å². The summed E-state index contributed by atoms with van der Waals surface area (Å²) in [4.78, 5) is 16.7. The van der Waals surface area contributed by atoms with E-state index >= 15 is 0 Å². The number of carboxylic acid groups (broad SMARTS) is 1. The SMILES string of the molecule is CCC(C)c1c(C)nc2ccccc2c1SCCC(=O)O. The molecule has 0 amide bonds. The van der Waals surface area contributed by atoms with Gasteiger partial charge in [0.1, 0.15) is 0 Å². The molecule has 3 nitrogen and oxygen atoms in total. The van der Waals surface area contributed by atoms with Gasteiger partial charge in [-0.05, 0) is 30.9 Å². The summed E-state index contributed by atoms with van der Waals surface area (Å²) in [6.07, 6.45) is 1.23. The molecule has 1 aromatic heterocycles. The van der Waals surface area contributed by atoms with E-state index in [-0.39, 0.29) is 6.42 Å². The average Bonchev–Trinajstić information content (AvgIpc) is 2.46. The molecule has 0 spiro atoms. The average molecular weight is 303 g/mol. The van der Waals surface area contributed by atoms with Gasteiger partial charge in [-0.25, -0.2) is 0 Å².